The fourth-order valence-electron chi connectivity index (χ4n) is 2.87. The van der Waals surface area contributed by atoms with Crippen molar-refractivity contribution in [2.75, 3.05) is 31.6 Å². The van der Waals surface area contributed by atoms with E-state index in [1.165, 1.54) is 0 Å². The summed E-state index contributed by atoms with van der Waals surface area (Å²) < 4.78 is 5.07. The van der Waals surface area contributed by atoms with Crippen molar-refractivity contribution in [1.29, 1.82) is 5.26 Å². The number of carbonyl (C=O) groups excluding carboxylic acids is 2. The van der Waals surface area contributed by atoms with Crippen LogP contribution in [0.1, 0.15) is 25.3 Å². The van der Waals surface area contributed by atoms with E-state index in [9.17, 15) is 9.59 Å². The van der Waals surface area contributed by atoms with Crippen LogP contribution < -0.4 is 10.2 Å². The first-order valence-electron chi connectivity index (χ1n) is 7.92. The Morgan fingerprint density at radius 2 is 2.30 bits per heavy atom. The van der Waals surface area contributed by atoms with Crippen molar-refractivity contribution in [3.8, 4) is 6.07 Å². The Hall–Kier alpha value is -2.39. The van der Waals surface area contributed by atoms with Crippen LogP contribution in [0.5, 0.6) is 0 Å². The van der Waals surface area contributed by atoms with E-state index in [-0.39, 0.29) is 17.8 Å². The van der Waals surface area contributed by atoms with Gasteiger partial charge in [-0.15, -0.1) is 0 Å². The number of esters is 1. The number of nitriles is 1. The number of piperidine rings is 1. The third-order valence-corrected chi connectivity index (χ3v) is 3.92. The zero-order chi connectivity index (χ0) is 16.7. The molecule has 1 amide bonds. The molecule has 0 saturated carbocycles. The lowest BCUT2D eigenvalue weighted by Gasteiger charge is -2.28. The summed E-state index contributed by atoms with van der Waals surface area (Å²) in [6.45, 7) is 4.01. The van der Waals surface area contributed by atoms with Gasteiger partial charge < -0.3 is 15.0 Å². The first kappa shape index (κ1) is 17.0. The number of quaternary nitrogens is 1. The molecular weight excluding hydrogens is 294 g/mol. The maximum absolute atomic E-state index is 12.2. The number of anilines is 1. The highest BCUT2D eigenvalue weighted by Crippen LogP contribution is 2.10. The van der Waals surface area contributed by atoms with Crippen LogP contribution in [-0.4, -0.2) is 38.1 Å². The summed E-state index contributed by atoms with van der Waals surface area (Å²) in [7, 11) is 0. The third-order valence-electron chi connectivity index (χ3n) is 3.92. The van der Waals surface area contributed by atoms with Crippen molar-refractivity contribution in [3.05, 3.63) is 29.8 Å². The molecule has 1 fully saturated rings. The second-order valence-corrected chi connectivity index (χ2v) is 5.71. The second-order valence-electron chi connectivity index (χ2n) is 5.71. The molecule has 0 aliphatic carbocycles. The molecule has 0 bridgehead atoms. The molecule has 1 aliphatic rings. The molecule has 6 heteroatoms. The molecule has 0 aromatic heterocycles. The van der Waals surface area contributed by atoms with E-state index in [0.29, 0.717) is 30.9 Å². The van der Waals surface area contributed by atoms with Crippen molar-refractivity contribution in [1.82, 2.24) is 0 Å². The number of nitrogens with one attached hydrogen (secondary N) is 2. The Labute approximate surface area is 136 Å². The lowest BCUT2D eigenvalue weighted by atomic mass is 9.98. The first-order valence-corrected chi connectivity index (χ1v) is 7.92. The maximum Gasteiger partial charge on any atom is 0.314 e. The van der Waals surface area contributed by atoms with E-state index in [0.717, 1.165) is 24.3 Å². The molecule has 1 aromatic rings. The summed E-state index contributed by atoms with van der Waals surface area (Å²) in [6.07, 6.45) is 1.74. The molecule has 0 radical (unpaired) electrons. The highest BCUT2D eigenvalue weighted by molar-refractivity contribution is 5.91. The smallest absolute Gasteiger partial charge is 0.314 e. The van der Waals surface area contributed by atoms with Crippen LogP contribution in [0.25, 0.3) is 0 Å². The first-order chi connectivity index (χ1) is 11.1. The number of rotatable bonds is 5. The van der Waals surface area contributed by atoms with Crippen molar-refractivity contribution in [3.63, 3.8) is 0 Å². The van der Waals surface area contributed by atoms with E-state index < -0.39 is 0 Å². The molecule has 0 spiro atoms. The number of carbonyl (C=O) groups is 2. The van der Waals surface area contributed by atoms with Gasteiger partial charge in [0.25, 0.3) is 5.91 Å². The van der Waals surface area contributed by atoms with Gasteiger partial charge in [-0.2, -0.15) is 5.26 Å². The Kier molecular flexibility index (Phi) is 6.12. The molecule has 2 atom stereocenters. The van der Waals surface area contributed by atoms with Gasteiger partial charge >= 0.3 is 5.97 Å². The summed E-state index contributed by atoms with van der Waals surface area (Å²) in [5, 5.41) is 11.7. The van der Waals surface area contributed by atoms with Crippen molar-refractivity contribution < 1.29 is 19.2 Å². The number of nitrogens with zero attached hydrogens (tertiary/aromatic N) is 1. The quantitative estimate of drug-likeness (QED) is 0.768. The van der Waals surface area contributed by atoms with Crippen LogP contribution in [0.4, 0.5) is 5.69 Å². The summed E-state index contributed by atoms with van der Waals surface area (Å²) in [5.41, 5.74) is 1.13. The largest absolute Gasteiger partial charge is 0.466 e. The predicted octanol–water partition coefficient (Wildman–Crippen LogP) is 0.355. The Bertz CT molecular complexity index is 609. The third kappa shape index (κ3) is 5.08. The topological polar surface area (TPSA) is 83.6 Å². The molecule has 2 rings (SSSR count). The second kappa shape index (κ2) is 8.30. The summed E-state index contributed by atoms with van der Waals surface area (Å²) >= 11 is 0. The summed E-state index contributed by atoms with van der Waals surface area (Å²) in [4.78, 5) is 25.1. The highest BCUT2D eigenvalue weighted by atomic mass is 16.5. The molecule has 2 N–H and O–H groups in total. The monoisotopic (exact) mass is 316 g/mol. The van der Waals surface area contributed by atoms with Gasteiger partial charge in [-0.05, 0) is 38.0 Å². The Morgan fingerprint density at radius 1 is 1.48 bits per heavy atom. The number of hydrogen-bond acceptors (Lipinski definition) is 4. The van der Waals surface area contributed by atoms with Crippen molar-refractivity contribution in [2.45, 2.75) is 19.8 Å². The molecule has 1 aromatic carbocycles. The van der Waals surface area contributed by atoms with E-state index >= 15 is 0 Å². The zero-order valence-corrected chi connectivity index (χ0v) is 13.3. The van der Waals surface area contributed by atoms with Gasteiger partial charge in [0, 0.05) is 5.69 Å². The number of hydrogen-bond donors (Lipinski definition) is 2. The molecule has 122 valence electrons. The van der Waals surface area contributed by atoms with Crippen LogP contribution in [0.15, 0.2) is 24.3 Å². The van der Waals surface area contributed by atoms with Gasteiger partial charge in [-0.25, -0.2) is 0 Å². The highest BCUT2D eigenvalue weighted by Gasteiger charge is 2.30. The molecule has 1 saturated heterocycles. The maximum atomic E-state index is 12.2. The molecule has 1 aliphatic heterocycles. The van der Waals surface area contributed by atoms with Crippen LogP contribution in [0, 0.1) is 17.2 Å². The average Bonchev–Trinajstić information content (AvgIpc) is 2.55. The molecule has 1 heterocycles. The predicted molar refractivity (Wildman–Crippen MR) is 84.7 cm³/mol. The minimum atomic E-state index is -0.160. The van der Waals surface area contributed by atoms with Gasteiger partial charge in [0.05, 0.1) is 31.3 Å². The molecular formula is C17H22N3O3+. The fourth-order valence-corrected chi connectivity index (χ4v) is 2.87. The molecule has 1 unspecified atom stereocenters. The van der Waals surface area contributed by atoms with Crippen LogP contribution in [0.2, 0.25) is 0 Å². The average molecular weight is 316 g/mol. The minimum Gasteiger partial charge on any atom is -0.466 e. The van der Waals surface area contributed by atoms with Crippen molar-refractivity contribution >= 4 is 17.6 Å². The SMILES string of the molecule is CCOC(=O)[C@H]1CCC[NH+](CC(=O)Nc2cccc(C#N)c2)C1. The van der Waals surface area contributed by atoms with Gasteiger partial charge in [0.15, 0.2) is 6.54 Å². The molecule has 23 heavy (non-hydrogen) atoms. The van der Waals surface area contributed by atoms with Gasteiger partial charge in [-0.3, -0.25) is 9.59 Å². The number of likely N-dealkylation sites (tertiary alicyclic amines) is 1. The van der Waals surface area contributed by atoms with Crippen molar-refractivity contribution in [2.24, 2.45) is 5.92 Å². The zero-order valence-electron chi connectivity index (χ0n) is 13.3. The van der Waals surface area contributed by atoms with Crippen LogP contribution in [0.3, 0.4) is 0 Å². The van der Waals surface area contributed by atoms with Gasteiger partial charge in [0.2, 0.25) is 0 Å². The van der Waals surface area contributed by atoms with E-state index in [1.54, 1.807) is 31.2 Å². The van der Waals surface area contributed by atoms with E-state index in [2.05, 4.69) is 5.32 Å². The summed E-state index contributed by atoms with van der Waals surface area (Å²) in [5.74, 6) is -0.389. The van der Waals surface area contributed by atoms with Gasteiger partial charge in [0.1, 0.15) is 5.92 Å². The standard InChI is InChI=1S/C17H21N3O3/c1-2-23-17(22)14-6-4-8-20(11-14)12-16(21)19-15-7-3-5-13(9-15)10-18/h3,5,7,9,14H,2,4,6,8,11-12H2,1H3,(H,19,21)/p+1/t14-/m0/s1. The van der Waals surface area contributed by atoms with E-state index in [4.69, 9.17) is 10.00 Å². The lowest BCUT2D eigenvalue weighted by molar-refractivity contribution is -0.899. The number of amides is 1. The van der Waals surface area contributed by atoms with Crippen LogP contribution in [-0.2, 0) is 14.3 Å². The Balaban J connectivity index is 1.87. The lowest BCUT2D eigenvalue weighted by Crippen LogP contribution is -3.14. The minimum absolute atomic E-state index is 0.111. The number of benzene rings is 1. The van der Waals surface area contributed by atoms with E-state index in [1.807, 2.05) is 6.07 Å². The summed E-state index contributed by atoms with van der Waals surface area (Å²) in [6, 6.07) is 8.87. The van der Waals surface area contributed by atoms with Crippen LogP contribution >= 0.6 is 0 Å². The fraction of sp³-hybridized carbons (Fsp3) is 0.471. The normalized spacial score (nSPS) is 20.3. The number of ether oxygens (including phenoxy) is 1. The Morgan fingerprint density at radius 3 is 3.04 bits per heavy atom. The molecule has 6 nitrogen and oxygen atoms in total. The van der Waals surface area contributed by atoms with Gasteiger partial charge in [-0.1, -0.05) is 6.07 Å².